The summed E-state index contributed by atoms with van der Waals surface area (Å²) >= 11 is 0. The van der Waals surface area contributed by atoms with Crippen LogP contribution in [0.4, 0.5) is 0 Å². The van der Waals surface area contributed by atoms with E-state index in [1.54, 1.807) is 0 Å². The van der Waals surface area contributed by atoms with Gasteiger partial charge in [-0.05, 0) is 37.7 Å². The molecule has 1 fully saturated rings. The fourth-order valence-corrected chi connectivity index (χ4v) is 3.05. The minimum atomic E-state index is 0.491. The number of hydrogen-bond donors (Lipinski definition) is 1. The van der Waals surface area contributed by atoms with E-state index in [0.29, 0.717) is 12.1 Å². The van der Waals surface area contributed by atoms with Crippen LogP contribution in [0.3, 0.4) is 0 Å². The molecule has 100 valence electrons. The monoisotopic (exact) mass is 246 g/mol. The van der Waals surface area contributed by atoms with Gasteiger partial charge in [0.15, 0.2) is 0 Å². The second kappa shape index (κ2) is 6.35. The van der Waals surface area contributed by atoms with E-state index < -0.39 is 0 Å². The molecule has 0 radical (unpaired) electrons. The fraction of sp³-hybridized carbons (Fsp3) is 0.625. The van der Waals surface area contributed by atoms with Crippen molar-refractivity contribution in [3.63, 3.8) is 0 Å². The second-order valence-corrected chi connectivity index (χ2v) is 5.81. The van der Waals surface area contributed by atoms with Gasteiger partial charge in [-0.3, -0.25) is 4.90 Å². The van der Waals surface area contributed by atoms with Crippen LogP contribution in [-0.2, 0) is 6.42 Å². The molecule has 3 atom stereocenters. The summed E-state index contributed by atoms with van der Waals surface area (Å²) in [5.74, 6) is 0.811. The standard InChI is InChI=1S/C16H26N2/c1-13-8-9-14(2)18(12-13)16(11-17)10-15-6-4-3-5-7-15/h3-7,13-14,16H,8-12,17H2,1-2H3. The molecule has 0 bridgehead atoms. The van der Waals surface area contributed by atoms with Crippen LogP contribution in [0.5, 0.6) is 0 Å². The van der Waals surface area contributed by atoms with Gasteiger partial charge in [0.2, 0.25) is 0 Å². The van der Waals surface area contributed by atoms with E-state index in [1.165, 1.54) is 24.9 Å². The van der Waals surface area contributed by atoms with Gasteiger partial charge in [0.1, 0.15) is 0 Å². The Balaban J connectivity index is 2.03. The third-order valence-corrected chi connectivity index (χ3v) is 4.22. The lowest BCUT2D eigenvalue weighted by Crippen LogP contribution is -2.51. The largest absolute Gasteiger partial charge is 0.329 e. The van der Waals surface area contributed by atoms with Crippen molar-refractivity contribution in [2.45, 2.75) is 45.2 Å². The summed E-state index contributed by atoms with van der Waals surface area (Å²) in [5.41, 5.74) is 7.42. The topological polar surface area (TPSA) is 29.3 Å². The predicted molar refractivity (Wildman–Crippen MR) is 77.6 cm³/mol. The molecule has 3 unspecified atom stereocenters. The van der Waals surface area contributed by atoms with Gasteiger partial charge in [0.25, 0.3) is 0 Å². The molecule has 1 aromatic carbocycles. The van der Waals surface area contributed by atoms with Crippen LogP contribution in [0.2, 0.25) is 0 Å². The highest BCUT2D eigenvalue weighted by Crippen LogP contribution is 2.24. The number of hydrogen-bond acceptors (Lipinski definition) is 2. The third kappa shape index (κ3) is 3.33. The summed E-state index contributed by atoms with van der Waals surface area (Å²) in [6, 6.07) is 11.9. The van der Waals surface area contributed by atoms with E-state index in [2.05, 4.69) is 49.1 Å². The minimum Gasteiger partial charge on any atom is -0.329 e. The van der Waals surface area contributed by atoms with Gasteiger partial charge >= 0.3 is 0 Å². The lowest BCUT2D eigenvalue weighted by Gasteiger charge is -2.42. The third-order valence-electron chi connectivity index (χ3n) is 4.22. The predicted octanol–water partition coefficient (Wildman–Crippen LogP) is 2.68. The maximum Gasteiger partial charge on any atom is 0.0261 e. The molecule has 1 saturated heterocycles. The van der Waals surface area contributed by atoms with Crippen LogP contribution in [0.25, 0.3) is 0 Å². The zero-order chi connectivity index (χ0) is 13.0. The second-order valence-electron chi connectivity index (χ2n) is 5.81. The van der Waals surface area contributed by atoms with Gasteiger partial charge in [-0.1, -0.05) is 37.3 Å². The van der Waals surface area contributed by atoms with Crippen LogP contribution in [0.15, 0.2) is 30.3 Å². The van der Waals surface area contributed by atoms with E-state index in [1.807, 2.05) is 0 Å². The quantitative estimate of drug-likeness (QED) is 0.885. The van der Waals surface area contributed by atoms with Crippen LogP contribution in [0.1, 0.15) is 32.3 Å². The Morgan fingerprint density at radius 3 is 2.61 bits per heavy atom. The minimum absolute atomic E-state index is 0.491. The summed E-state index contributed by atoms with van der Waals surface area (Å²) < 4.78 is 0. The highest BCUT2D eigenvalue weighted by atomic mass is 15.2. The van der Waals surface area contributed by atoms with E-state index in [9.17, 15) is 0 Å². The van der Waals surface area contributed by atoms with Gasteiger partial charge in [0, 0.05) is 25.2 Å². The van der Waals surface area contributed by atoms with Crippen molar-refractivity contribution in [1.82, 2.24) is 4.90 Å². The van der Waals surface area contributed by atoms with Crippen molar-refractivity contribution in [3.8, 4) is 0 Å². The summed E-state index contributed by atoms with van der Waals surface area (Å²) in [4.78, 5) is 2.63. The Morgan fingerprint density at radius 1 is 1.22 bits per heavy atom. The first-order chi connectivity index (χ1) is 8.70. The molecular weight excluding hydrogens is 220 g/mol. The highest BCUT2D eigenvalue weighted by Gasteiger charge is 2.28. The first-order valence-electron chi connectivity index (χ1n) is 7.20. The normalized spacial score (nSPS) is 27.1. The Morgan fingerprint density at radius 2 is 1.94 bits per heavy atom. The Hall–Kier alpha value is -0.860. The molecule has 0 saturated carbocycles. The number of nitrogens with zero attached hydrogens (tertiary/aromatic N) is 1. The molecule has 2 heteroatoms. The zero-order valence-electron chi connectivity index (χ0n) is 11.7. The molecule has 18 heavy (non-hydrogen) atoms. The molecule has 0 amide bonds. The molecule has 1 aromatic rings. The number of nitrogens with two attached hydrogens (primary N) is 1. The zero-order valence-corrected chi connectivity index (χ0v) is 11.7. The maximum atomic E-state index is 6.02. The van der Waals surface area contributed by atoms with Crippen molar-refractivity contribution in [3.05, 3.63) is 35.9 Å². The maximum absolute atomic E-state index is 6.02. The molecule has 0 aliphatic carbocycles. The molecule has 0 aromatic heterocycles. The number of piperidine rings is 1. The van der Waals surface area contributed by atoms with E-state index >= 15 is 0 Å². The summed E-state index contributed by atoms with van der Waals surface area (Å²) in [7, 11) is 0. The first kappa shape index (κ1) is 13.6. The van der Waals surface area contributed by atoms with Gasteiger partial charge in [-0.15, -0.1) is 0 Å². The first-order valence-corrected chi connectivity index (χ1v) is 7.20. The Kier molecular flexibility index (Phi) is 4.79. The van der Waals surface area contributed by atoms with Crippen LogP contribution < -0.4 is 5.73 Å². The number of rotatable bonds is 4. The van der Waals surface area contributed by atoms with Gasteiger partial charge in [-0.2, -0.15) is 0 Å². The smallest absolute Gasteiger partial charge is 0.0261 e. The average molecular weight is 246 g/mol. The molecule has 1 heterocycles. The lowest BCUT2D eigenvalue weighted by molar-refractivity contribution is 0.0800. The van der Waals surface area contributed by atoms with E-state index in [0.717, 1.165) is 18.9 Å². The van der Waals surface area contributed by atoms with Crippen molar-refractivity contribution in [1.29, 1.82) is 0 Å². The molecule has 2 N–H and O–H groups in total. The summed E-state index contributed by atoms with van der Waals surface area (Å²) in [5, 5.41) is 0. The van der Waals surface area contributed by atoms with Crippen LogP contribution in [0, 0.1) is 5.92 Å². The van der Waals surface area contributed by atoms with Gasteiger partial charge in [0.05, 0.1) is 0 Å². The number of likely N-dealkylation sites (tertiary alicyclic amines) is 1. The molecular formula is C16H26N2. The lowest BCUT2D eigenvalue weighted by atomic mass is 9.92. The van der Waals surface area contributed by atoms with Gasteiger partial charge < -0.3 is 5.73 Å². The number of benzene rings is 1. The Labute approximate surface area is 111 Å². The summed E-state index contributed by atoms with van der Waals surface area (Å²) in [6.45, 7) is 6.66. The molecule has 1 aliphatic heterocycles. The van der Waals surface area contributed by atoms with Crippen LogP contribution >= 0.6 is 0 Å². The van der Waals surface area contributed by atoms with Crippen molar-refractivity contribution in [2.24, 2.45) is 11.7 Å². The van der Waals surface area contributed by atoms with Crippen molar-refractivity contribution in [2.75, 3.05) is 13.1 Å². The van der Waals surface area contributed by atoms with Crippen molar-refractivity contribution >= 4 is 0 Å². The van der Waals surface area contributed by atoms with E-state index in [4.69, 9.17) is 5.73 Å². The SMILES string of the molecule is CC1CCC(C)N(C(CN)Cc2ccccc2)C1. The molecule has 1 aliphatic rings. The summed E-state index contributed by atoms with van der Waals surface area (Å²) in [6.07, 6.45) is 3.75. The molecule has 2 rings (SSSR count). The van der Waals surface area contributed by atoms with Gasteiger partial charge in [-0.25, -0.2) is 0 Å². The highest BCUT2D eigenvalue weighted by molar-refractivity contribution is 5.16. The average Bonchev–Trinajstić information content (AvgIpc) is 2.40. The van der Waals surface area contributed by atoms with Crippen LogP contribution in [-0.4, -0.2) is 30.1 Å². The molecule has 0 spiro atoms. The van der Waals surface area contributed by atoms with E-state index in [-0.39, 0.29) is 0 Å². The molecule has 2 nitrogen and oxygen atoms in total. The van der Waals surface area contributed by atoms with Crippen molar-refractivity contribution < 1.29 is 0 Å². The fourth-order valence-electron chi connectivity index (χ4n) is 3.05. The Bertz CT molecular complexity index is 349.